The first-order chi connectivity index (χ1) is 17.0. The maximum atomic E-state index is 13.5. The number of hydrogen-bond donors (Lipinski definition) is 2. The average molecular weight is 527 g/mol. The van der Waals surface area contributed by atoms with Gasteiger partial charge in [-0.2, -0.15) is 5.10 Å². The number of hydrazone groups is 1. The van der Waals surface area contributed by atoms with E-state index in [0.717, 1.165) is 15.4 Å². The van der Waals surface area contributed by atoms with E-state index in [4.69, 9.17) is 11.6 Å². The predicted octanol–water partition coefficient (Wildman–Crippen LogP) is 4.65. The third kappa shape index (κ3) is 6.71. The van der Waals surface area contributed by atoms with Crippen LogP contribution in [0.2, 0.25) is 5.02 Å². The van der Waals surface area contributed by atoms with Gasteiger partial charge in [-0.25, -0.2) is 13.8 Å². The summed E-state index contributed by atoms with van der Waals surface area (Å²) in [5.74, 6) is -0.827. The lowest BCUT2D eigenvalue weighted by Crippen LogP contribution is -2.39. The van der Waals surface area contributed by atoms with Crippen molar-refractivity contribution >= 4 is 50.5 Å². The van der Waals surface area contributed by atoms with Crippen molar-refractivity contribution in [2.24, 2.45) is 5.10 Å². The number of halogens is 1. The molecule has 36 heavy (non-hydrogen) atoms. The molecule has 2 amide bonds. The summed E-state index contributed by atoms with van der Waals surface area (Å²) in [6, 6.07) is 17.9. The first-order valence-electron chi connectivity index (χ1n) is 11.0. The van der Waals surface area contributed by atoms with E-state index < -0.39 is 22.5 Å². The quantitative estimate of drug-likeness (QED) is 0.329. The molecule has 0 heterocycles. The summed E-state index contributed by atoms with van der Waals surface area (Å²) in [5.41, 5.74) is 6.42. The predicted molar refractivity (Wildman–Crippen MR) is 143 cm³/mol. The topological polar surface area (TPSA) is 108 Å². The first kappa shape index (κ1) is 26.9. The summed E-state index contributed by atoms with van der Waals surface area (Å²) in [6.07, 6.45) is 0. The molecule has 10 heteroatoms. The third-order valence-corrected chi connectivity index (χ3v) is 7.46. The van der Waals surface area contributed by atoms with Crippen LogP contribution in [-0.4, -0.2) is 32.5 Å². The summed E-state index contributed by atoms with van der Waals surface area (Å²) in [5, 5.41) is 7.22. The van der Waals surface area contributed by atoms with Crippen molar-refractivity contribution in [2.45, 2.75) is 32.6 Å². The molecule has 0 fully saturated rings. The molecule has 0 saturated heterocycles. The zero-order chi connectivity index (χ0) is 26.5. The number of carbonyl (C=O) groups excluding carboxylic acids is 2. The second kappa shape index (κ2) is 11.4. The van der Waals surface area contributed by atoms with Crippen molar-refractivity contribution in [1.29, 1.82) is 0 Å². The second-order valence-electron chi connectivity index (χ2n) is 8.23. The lowest BCUT2D eigenvalue weighted by Gasteiger charge is -2.24. The minimum absolute atomic E-state index is 0.00685. The maximum absolute atomic E-state index is 13.5. The molecule has 0 aliphatic heterocycles. The summed E-state index contributed by atoms with van der Waals surface area (Å²) in [7, 11) is -4.08. The van der Waals surface area contributed by atoms with Gasteiger partial charge in [-0.1, -0.05) is 29.8 Å². The highest BCUT2D eigenvalue weighted by atomic mass is 35.5. The van der Waals surface area contributed by atoms with E-state index in [2.05, 4.69) is 15.8 Å². The molecule has 0 aliphatic carbocycles. The van der Waals surface area contributed by atoms with Crippen LogP contribution in [0.5, 0.6) is 0 Å². The van der Waals surface area contributed by atoms with Gasteiger partial charge in [0.2, 0.25) is 5.91 Å². The zero-order valence-corrected chi connectivity index (χ0v) is 21.9. The molecule has 0 spiro atoms. The molecule has 0 aromatic heterocycles. The number of anilines is 2. The summed E-state index contributed by atoms with van der Waals surface area (Å²) < 4.78 is 28.0. The van der Waals surface area contributed by atoms with E-state index >= 15 is 0 Å². The smallest absolute Gasteiger partial charge is 0.264 e. The third-order valence-electron chi connectivity index (χ3n) is 5.42. The van der Waals surface area contributed by atoms with Crippen molar-refractivity contribution in [3.8, 4) is 0 Å². The number of amides is 2. The number of aryl methyl sites for hydroxylation is 2. The van der Waals surface area contributed by atoms with Gasteiger partial charge in [0.05, 0.1) is 16.3 Å². The number of benzene rings is 3. The highest BCUT2D eigenvalue weighted by molar-refractivity contribution is 7.92. The molecule has 3 rings (SSSR count). The van der Waals surface area contributed by atoms with Crippen LogP contribution in [0.25, 0.3) is 0 Å². The standard InChI is InChI=1S/C26H27ClN4O4S/c1-17-8-11-24(14-18(17)2)31(36(34,35)25-12-9-22(27)10-13-25)16-26(33)30-29-19(3)21-6-5-7-23(15-21)28-20(4)32/h5-15H,16H2,1-4H3,(H,28,32)(H,30,33)/b29-19-. The van der Waals surface area contributed by atoms with Crippen molar-refractivity contribution < 1.29 is 18.0 Å². The average Bonchev–Trinajstić information content (AvgIpc) is 2.82. The van der Waals surface area contributed by atoms with Crippen LogP contribution in [0.15, 0.2) is 76.7 Å². The summed E-state index contributed by atoms with van der Waals surface area (Å²) in [6.45, 7) is 6.40. The number of carbonyl (C=O) groups is 2. The van der Waals surface area contributed by atoms with Gasteiger partial charge in [0, 0.05) is 17.6 Å². The Kier molecular flexibility index (Phi) is 8.49. The Morgan fingerprint density at radius 2 is 1.64 bits per heavy atom. The fourth-order valence-corrected chi connectivity index (χ4v) is 4.87. The molecule has 3 aromatic carbocycles. The fraction of sp³-hybridized carbons (Fsp3) is 0.192. The molecule has 0 saturated carbocycles. The van der Waals surface area contributed by atoms with Crippen LogP contribution in [0.3, 0.4) is 0 Å². The van der Waals surface area contributed by atoms with Crippen molar-refractivity contribution in [1.82, 2.24) is 5.43 Å². The Morgan fingerprint density at radius 1 is 0.944 bits per heavy atom. The van der Waals surface area contributed by atoms with Crippen LogP contribution in [-0.2, 0) is 19.6 Å². The van der Waals surface area contributed by atoms with Crippen LogP contribution < -0.4 is 15.0 Å². The van der Waals surface area contributed by atoms with E-state index in [1.165, 1.54) is 31.2 Å². The lowest BCUT2D eigenvalue weighted by molar-refractivity contribution is -0.119. The summed E-state index contributed by atoms with van der Waals surface area (Å²) >= 11 is 5.93. The van der Waals surface area contributed by atoms with Gasteiger partial charge in [-0.15, -0.1) is 0 Å². The highest BCUT2D eigenvalue weighted by Crippen LogP contribution is 2.26. The van der Waals surface area contributed by atoms with E-state index in [1.54, 1.807) is 49.4 Å². The van der Waals surface area contributed by atoms with Crippen LogP contribution in [0, 0.1) is 13.8 Å². The number of sulfonamides is 1. The number of hydrogen-bond acceptors (Lipinski definition) is 5. The van der Waals surface area contributed by atoms with Crippen molar-refractivity contribution in [2.75, 3.05) is 16.2 Å². The van der Waals surface area contributed by atoms with Gasteiger partial charge in [-0.05, 0) is 86.0 Å². The number of nitrogens with one attached hydrogen (secondary N) is 2. The molecule has 0 bridgehead atoms. The Hall–Kier alpha value is -3.69. The zero-order valence-electron chi connectivity index (χ0n) is 20.4. The van der Waals surface area contributed by atoms with Gasteiger partial charge in [0.25, 0.3) is 15.9 Å². The van der Waals surface area contributed by atoms with E-state index in [1.807, 2.05) is 13.8 Å². The van der Waals surface area contributed by atoms with Gasteiger partial charge in [0.15, 0.2) is 0 Å². The number of nitrogens with zero attached hydrogens (tertiary/aromatic N) is 2. The molecule has 3 aromatic rings. The van der Waals surface area contributed by atoms with Crippen molar-refractivity contribution in [3.05, 3.63) is 88.4 Å². The van der Waals surface area contributed by atoms with Gasteiger partial charge in [0.1, 0.15) is 6.54 Å². The Bertz CT molecular complexity index is 1420. The normalized spacial score (nSPS) is 11.6. The van der Waals surface area contributed by atoms with Crippen LogP contribution in [0.1, 0.15) is 30.5 Å². The molecular formula is C26H27ClN4O4S. The van der Waals surface area contributed by atoms with E-state index in [-0.39, 0.29) is 10.8 Å². The monoisotopic (exact) mass is 526 g/mol. The number of rotatable bonds is 8. The largest absolute Gasteiger partial charge is 0.326 e. The molecule has 2 N–H and O–H groups in total. The van der Waals surface area contributed by atoms with E-state index in [0.29, 0.717) is 27.7 Å². The Labute approximate surface area is 216 Å². The molecule has 8 nitrogen and oxygen atoms in total. The molecule has 0 aliphatic rings. The lowest BCUT2D eigenvalue weighted by atomic mass is 10.1. The Balaban J connectivity index is 1.87. The SMILES string of the molecule is CC(=O)Nc1cccc(/C(C)=N\NC(=O)CN(c2ccc(C)c(C)c2)S(=O)(=O)c2ccc(Cl)cc2)c1. The van der Waals surface area contributed by atoms with E-state index in [9.17, 15) is 18.0 Å². The van der Waals surface area contributed by atoms with Crippen LogP contribution >= 0.6 is 11.6 Å². The van der Waals surface area contributed by atoms with Gasteiger partial charge in [-0.3, -0.25) is 13.9 Å². The van der Waals surface area contributed by atoms with Gasteiger partial charge >= 0.3 is 0 Å². The van der Waals surface area contributed by atoms with Crippen molar-refractivity contribution in [3.63, 3.8) is 0 Å². The molecule has 0 radical (unpaired) electrons. The summed E-state index contributed by atoms with van der Waals surface area (Å²) in [4.78, 5) is 24.2. The maximum Gasteiger partial charge on any atom is 0.264 e. The molecular weight excluding hydrogens is 500 g/mol. The molecule has 188 valence electrons. The molecule has 0 atom stereocenters. The second-order valence-corrected chi connectivity index (χ2v) is 10.5. The van der Waals surface area contributed by atoms with Gasteiger partial charge < -0.3 is 5.32 Å². The first-order valence-corrected chi connectivity index (χ1v) is 12.9. The van der Waals surface area contributed by atoms with Crippen LogP contribution in [0.4, 0.5) is 11.4 Å². The fourth-order valence-electron chi connectivity index (χ4n) is 3.33. The minimum Gasteiger partial charge on any atom is -0.326 e. The molecule has 0 unspecified atom stereocenters. The Morgan fingerprint density at radius 3 is 2.28 bits per heavy atom. The minimum atomic E-state index is -4.08. The highest BCUT2D eigenvalue weighted by Gasteiger charge is 2.27.